The summed E-state index contributed by atoms with van der Waals surface area (Å²) in [5.74, 6) is -2.97. The Morgan fingerprint density at radius 2 is 1.93 bits per heavy atom. The van der Waals surface area contributed by atoms with E-state index < -0.39 is 29.9 Å². The van der Waals surface area contributed by atoms with Gasteiger partial charge in [-0.2, -0.15) is 0 Å². The van der Waals surface area contributed by atoms with Gasteiger partial charge in [0.25, 0.3) is 11.8 Å². The van der Waals surface area contributed by atoms with Gasteiger partial charge in [-0.25, -0.2) is 9.37 Å². The Labute approximate surface area is 170 Å². The number of aromatic nitrogens is 1. The third kappa shape index (κ3) is 5.10. The summed E-state index contributed by atoms with van der Waals surface area (Å²) in [6.07, 6.45) is 1.56. The molecule has 1 aliphatic rings. The van der Waals surface area contributed by atoms with E-state index in [1.807, 2.05) is 0 Å². The first-order valence-electron chi connectivity index (χ1n) is 8.93. The second-order valence-electron chi connectivity index (χ2n) is 6.44. The number of carbonyl (C=O) groups is 3. The molecule has 10 heteroatoms. The number of carboxylic acid groups (broad SMARTS) is 1. The molecule has 1 aromatic heterocycles. The molecule has 0 radical (unpaired) electrons. The maximum absolute atomic E-state index is 12.9. The summed E-state index contributed by atoms with van der Waals surface area (Å²) in [5.41, 5.74) is 0.188. The SMILES string of the molecule is O=C(O)CNC(=O)C1=C(O)CCN(Cc2ccc(Oc3ccc(F)cc3)nc2)C1=O. The molecule has 1 aromatic carbocycles. The Bertz CT molecular complexity index is 989. The fourth-order valence-electron chi connectivity index (χ4n) is 2.78. The summed E-state index contributed by atoms with van der Waals surface area (Å²) in [5, 5.41) is 20.6. The molecule has 0 atom stereocenters. The van der Waals surface area contributed by atoms with E-state index in [0.717, 1.165) is 0 Å². The van der Waals surface area contributed by atoms with Crippen LogP contribution in [0.15, 0.2) is 53.9 Å². The van der Waals surface area contributed by atoms with Crippen molar-refractivity contribution >= 4 is 17.8 Å². The number of hydrogen-bond acceptors (Lipinski definition) is 6. The smallest absolute Gasteiger partial charge is 0.322 e. The lowest BCUT2D eigenvalue weighted by Gasteiger charge is -2.28. The maximum Gasteiger partial charge on any atom is 0.322 e. The number of carboxylic acids is 1. The summed E-state index contributed by atoms with van der Waals surface area (Å²) in [6, 6.07) is 8.72. The second-order valence-corrected chi connectivity index (χ2v) is 6.44. The van der Waals surface area contributed by atoms with Gasteiger partial charge < -0.3 is 25.2 Å². The van der Waals surface area contributed by atoms with Crippen LogP contribution in [0.1, 0.15) is 12.0 Å². The van der Waals surface area contributed by atoms with Crippen molar-refractivity contribution in [2.24, 2.45) is 0 Å². The van der Waals surface area contributed by atoms with Crippen LogP contribution >= 0.6 is 0 Å². The lowest BCUT2D eigenvalue weighted by atomic mass is 10.1. The van der Waals surface area contributed by atoms with E-state index in [-0.39, 0.29) is 37.0 Å². The van der Waals surface area contributed by atoms with Crippen LogP contribution in [0.4, 0.5) is 4.39 Å². The summed E-state index contributed by atoms with van der Waals surface area (Å²) in [7, 11) is 0. The van der Waals surface area contributed by atoms with Crippen LogP contribution in [0.2, 0.25) is 0 Å². The Morgan fingerprint density at radius 3 is 2.57 bits per heavy atom. The normalized spacial score (nSPS) is 13.9. The number of aliphatic carboxylic acids is 1. The molecule has 0 fully saturated rings. The van der Waals surface area contributed by atoms with Gasteiger partial charge in [-0.1, -0.05) is 6.07 Å². The third-order valence-corrected chi connectivity index (χ3v) is 4.24. The number of hydrogen-bond donors (Lipinski definition) is 3. The number of ether oxygens (including phenoxy) is 1. The van der Waals surface area contributed by atoms with Crippen LogP contribution in [0, 0.1) is 5.82 Å². The largest absolute Gasteiger partial charge is 0.511 e. The van der Waals surface area contributed by atoms with Crippen LogP contribution in [0.5, 0.6) is 11.6 Å². The van der Waals surface area contributed by atoms with Crippen LogP contribution in [-0.4, -0.2) is 51.0 Å². The van der Waals surface area contributed by atoms with Crippen molar-refractivity contribution in [2.75, 3.05) is 13.1 Å². The zero-order valence-corrected chi connectivity index (χ0v) is 15.7. The number of aliphatic hydroxyl groups is 1. The summed E-state index contributed by atoms with van der Waals surface area (Å²) in [4.78, 5) is 40.7. The van der Waals surface area contributed by atoms with Crippen molar-refractivity contribution < 1.29 is 33.7 Å². The van der Waals surface area contributed by atoms with Gasteiger partial charge in [0.2, 0.25) is 5.88 Å². The molecule has 2 amide bonds. The summed E-state index contributed by atoms with van der Waals surface area (Å²) < 4.78 is 18.4. The molecule has 2 heterocycles. The van der Waals surface area contributed by atoms with Crippen molar-refractivity contribution in [3.05, 3.63) is 65.3 Å². The highest BCUT2D eigenvalue weighted by molar-refractivity contribution is 6.19. The quantitative estimate of drug-likeness (QED) is 0.588. The highest BCUT2D eigenvalue weighted by atomic mass is 19.1. The van der Waals surface area contributed by atoms with Crippen molar-refractivity contribution in [2.45, 2.75) is 13.0 Å². The number of amides is 2. The first kappa shape index (κ1) is 20.8. The molecule has 3 N–H and O–H groups in total. The van der Waals surface area contributed by atoms with Gasteiger partial charge >= 0.3 is 5.97 Å². The highest BCUT2D eigenvalue weighted by Crippen LogP contribution is 2.22. The number of carbonyl (C=O) groups excluding carboxylic acids is 2. The van der Waals surface area contributed by atoms with E-state index in [1.165, 1.54) is 35.4 Å². The van der Waals surface area contributed by atoms with Crippen molar-refractivity contribution in [1.82, 2.24) is 15.2 Å². The van der Waals surface area contributed by atoms with Crippen LogP contribution in [-0.2, 0) is 20.9 Å². The predicted octanol–water partition coefficient (Wildman–Crippen LogP) is 1.76. The summed E-state index contributed by atoms with van der Waals surface area (Å²) >= 11 is 0. The Kier molecular flexibility index (Phi) is 6.26. The molecule has 0 unspecified atom stereocenters. The van der Waals surface area contributed by atoms with Gasteiger partial charge in [0.1, 0.15) is 29.4 Å². The molecule has 1 aliphatic heterocycles. The zero-order valence-electron chi connectivity index (χ0n) is 15.7. The summed E-state index contributed by atoms with van der Waals surface area (Å²) in [6.45, 7) is -0.345. The van der Waals surface area contributed by atoms with E-state index >= 15 is 0 Å². The zero-order chi connectivity index (χ0) is 21.7. The predicted molar refractivity (Wildman–Crippen MR) is 101 cm³/mol. The van der Waals surface area contributed by atoms with Crippen LogP contribution < -0.4 is 10.1 Å². The molecule has 0 saturated heterocycles. The van der Waals surface area contributed by atoms with Gasteiger partial charge in [0.15, 0.2) is 0 Å². The third-order valence-electron chi connectivity index (χ3n) is 4.24. The molecule has 30 heavy (non-hydrogen) atoms. The fourth-order valence-corrected chi connectivity index (χ4v) is 2.78. The average molecular weight is 415 g/mol. The van der Waals surface area contributed by atoms with Crippen LogP contribution in [0.3, 0.4) is 0 Å². The Balaban J connectivity index is 1.64. The topological polar surface area (TPSA) is 129 Å². The second kappa shape index (κ2) is 9.03. The molecule has 2 aromatic rings. The fraction of sp³-hybridized carbons (Fsp3) is 0.200. The van der Waals surface area contributed by atoms with Crippen LogP contribution in [0.25, 0.3) is 0 Å². The van der Waals surface area contributed by atoms with Gasteiger partial charge in [0, 0.05) is 31.8 Å². The monoisotopic (exact) mass is 415 g/mol. The number of nitrogens with one attached hydrogen (secondary N) is 1. The standard InChI is InChI=1S/C20H18FN3O6/c21-13-2-4-14(5-3-13)30-16-6-1-12(9-22-16)11-24-8-7-15(25)18(20(24)29)19(28)23-10-17(26)27/h1-6,9,25H,7-8,10-11H2,(H,23,28)(H,26,27). The minimum absolute atomic E-state index is 0.0702. The average Bonchev–Trinajstić information content (AvgIpc) is 2.72. The Hall–Kier alpha value is -3.95. The van der Waals surface area contributed by atoms with Gasteiger partial charge in [0.05, 0.1) is 0 Å². The lowest BCUT2D eigenvalue weighted by molar-refractivity contribution is -0.138. The minimum atomic E-state index is -1.27. The number of nitrogens with zero attached hydrogens (tertiary/aromatic N) is 2. The Morgan fingerprint density at radius 1 is 1.20 bits per heavy atom. The van der Waals surface area contributed by atoms with E-state index in [0.29, 0.717) is 11.3 Å². The van der Waals surface area contributed by atoms with Gasteiger partial charge in [-0.05, 0) is 29.8 Å². The molecule has 0 aliphatic carbocycles. The molecule has 0 spiro atoms. The molecule has 156 valence electrons. The number of rotatable bonds is 7. The van der Waals surface area contributed by atoms with Gasteiger partial charge in [-0.3, -0.25) is 14.4 Å². The first-order chi connectivity index (χ1) is 14.3. The van der Waals surface area contributed by atoms with E-state index in [1.54, 1.807) is 12.1 Å². The molecule has 0 saturated carbocycles. The van der Waals surface area contributed by atoms with E-state index in [2.05, 4.69) is 10.3 Å². The molecule has 0 bridgehead atoms. The molecule has 3 rings (SSSR count). The highest BCUT2D eigenvalue weighted by Gasteiger charge is 2.32. The van der Waals surface area contributed by atoms with Crippen molar-refractivity contribution in [3.8, 4) is 11.6 Å². The molecular weight excluding hydrogens is 397 g/mol. The first-order valence-corrected chi connectivity index (χ1v) is 8.93. The number of pyridine rings is 1. The molecular formula is C20H18FN3O6. The van der Waals surface area contributed by atoms with Crippen molar-refractivity contribution in [3.63, 3.8) is 0 Å². The maximum atomic E-state index is 12.9. The van der Waals surface area contributed by atoms with E-state index in [9.17, 15) is 23.9 Å². The minimum Gasteiger partial charge on any atom is -0.511 e. The molecule has 9 nitrogen and oxygen atoms in total. The number of aliphatic hydroxyl groups excluding tert-OH is 1. The lowest BCUT2D eigenvalue weighted by Crippen LogP contribution is -2.43. The van der Waals surface area contributed by atoms with Crippen molar-refractivity contribution in [1.29, 1.82) is 0 Å². The number of halogens is 1. The van der Waals surface area contributed by atoms with Gasteiger partial charge in [-0.15, -0.1) is 0 Å². The number of benzene rings is 1. The van der Waals surface area contributed by atoms with E-state index in [4.69, 9.17) is 9.84 Å².